The van der Waals surface area contributed by atoms with E-state index in [4.69, 9.17) is 53.5 Å². The Bertz CT molecular complexity index is 1540. The molecule has 1 unspecified atom stereocenters. The van der Waals surface area contributed by atoms with Gasteiger partial charge in [-0.1, -0.05) is 58.2 Å². The SMILES string of the molecule is COC(=O)c1cccc2c1CCC(c1ccc(OCc3c(-c4c(Cl)cccc4Cl)noc3C3CC3)cc1Cl)O2. The summed E-state index contributed by atoms with van der Waals surface area (Å²) in [4.78, 5) is 12.1. The van der Waals surface area contributed by atoms with Gasteiger partial charge in [-0.25, -0.2) is 4.79 Å². The van der Waals surface area contributed by atoms with Crippen molar-refractivity contribution in [2.75, 3.05) is 7.11 Å². The van der Waals surface area contributed by atoms with Crippen LogP contribution in [-0.2, 0) is 17.8 Å². The maximum atomic E-state index is 12.1. The highest BCUT2D eigenvalue weighted by molar-refractivity contribution is 6.39. The van der Waals surface area contributed by atoms with Crippen molar-refractivity contribution in [2.24, 2.45) is 0 Å². The van der Waals surface area contributed by atoms with E-state index < -0.39 is 0 Å². The molecule has 1 aliphatic heterocycles. The Kier molecular flexibility index (Phi) is 7.19. The lowest BCUT2D eigenvalue weighted by Crippen LogP contribution is -2.18. The molecule has 2 aliphatic rings. The van der Waals surface area contributed by atoms with Gasteiger partial charge >= 0.3 is 5.97 Å². The number of carbonyl (C=O) groups excluding carboxylic acids is 1. The summed E-state index contributed by atoms with van der Waals surface area (Å²) in [5.41, 5.74) is 4.29. The zero-order valence-corrected chi connectivity index (χ0v) is 23.3. The van der Waals surface area contributed by atoms with Crippen LogP contribution in [0.15, 0.2) is 59.1 Å². The molecule has 4 aromatic rings. The van der Waals surface area contributed by atoms with Crippen LogP contribution < -0.4 is 9.47 Å². The molecule has 9 heteroatoms. The van der Waals surface area contributed by atoms with Crippen molar-refractivity contribution in [2.45, 2.75) is 44.3 Å². The van der Waals surface area contributed by atoms with Crippen LogP contribution in [0, 0.1) is 0 Å². The standard InChI is InChI=1S/C30H24Cl3NO5/c1-36-30(35)19-4-2-7-25-18(19)12-13-26(38-25)20-11-10-17(14-24(20)33)37-15-21-28(34-39-29(21)16-8-9-16)27-22(31)5-3-6-23(27)32/h2-7,10-11,14,16,26H,8-9,12-13,15H2,1H3. The minimum absolute atomic E-state index is 0.228. The Labute approximate surface area is 240 Å². The van der Waals surface area contributed by atoms with E-state index in [0.29, 0.717) is 62.1 Å². The van der Waals surface area contributed by atoms with Crippen LogP contribution >= 0.6 is 34.8 Å². The third kappa shape index (κ3) is 5.09. The number of hydrogen-bond acceptors (Lipinski definition) is 6. The largest absolute Gasteiger partial charge is 0.489 e. The van der Waals surface area contributed by atoms with Gasteiger partial charge in [0, 0.05) is 22.6 Å². The number of halogens is 3. The van der Waals surface area contributed by atoms with Crippen LogP contribution in [0.25, 0.3) is 11.3 Å². The summed E-state index contributed by atoms with van der Waals surface area (Å²) in [5, 5.41) is 5.85. The third-order valence-corrected chi connectivity index (χ3v) is 8.09. The quantitative estimate of drug-likeness (QED) is 0.203. The fraction of sp³-hybridized carbons (Fsp3) is 0.267. The highest BCUT2D eigenvalue weighted by atomic mass is 35.5. The van der Waals surface area contributed by atoms with E-state index in [-0.39, 0.29) is 18.7 Å². The van der Waals surface area contributed by atoms with Gasteiger partial charge in [-0.2, -0.15) is 0 Å². The van der Waals surface area contributed by atoms with Crippen LogP contribution in [0.2, 0.25) is 15.1 Å². The van der Waals surface area contributed by atoms with Gasteiger partial charge in [0.2, 0.25) is 0 Å². The van der Waals surface area contributed by atoms with Gasteiger partial charge in [0.25, 0.3) is 0 Å². The van der Waals surface area contributed by atoms with Crippen LogP contribution in [0.1, 0.15) is 64.1 Å². The molecule has 0 saturated heterocycles. The topological polar surface area (TPSA) is 70.8 Å². The Hall–Kier alpha value is -3.19. The smallest absolute Gasteiger partial charge is 0.338 e. The molecule has 0 bridgehead atoms. The fourth-order valence-electron chi connectivity index (χ4n) is 5.00. The number of aromatic nitrogens is 1. The first-order valence-corrected chi connectivity index (χ1v) is 13.8. The maximum Gasteiger partial charge on any atom is 0.338 e. The van der Waals surface area contributed by atoms with Gasteiger partial charge < -0.3 is 18.7 Å². The van der Waals surface area contributed by atoms with E-state index in [0.717, 1.165) is 35.3 Å². The number of carbonyl (C=O) groups is 1. The van der Waals surface area contributed by atoms with Crippen LogP contribution in [0.4, 0.5) is 0 Å². The molecular weight excluding hydrogens is 561 g/mol. The minimum atomic E-state index is -0.369. The average Bonchev–Trinajstić information content (AvgIpc) is 3.70. The first kappa shape index (κ1) is 26.1. The van der Waals surface area contributed by atoms with Crippen molar-refractivity contribution in [1.29, 1.82) is 0 Å². The molecule has 1 aromatic heterocycles. The van der Waals surface area contributed by atoms with Gasteiger partial charge in [-0.3, -0.25) is 0 Å². The first-order chi connectivity index (χ1) is 18.9. The van der Waals surface area contributed by atoms with Gasteiger partial charge in [0.15, 0.2) is 0 Å². The first-order valence-electron chi connectivity index (χ1n) is 12.7. The summed E-state index contributed by atoms with van der Waals surface area (Å²) in [5.74, 6) is 2.03. The molecule has 6 rings (SSSR count). The Morgan fingerprint density at radius 3 is 2.49 bits per heavy atom. The average molecular weight is 585 g/mol. The zero-order chi connectivity index (χ0) is 27.1. The van der Waals surface area contributed by atoms with Crippen LogP contribution in [0.3, 0.4) is 0 Å². The number of nitrogens with zero attached hydrogens (tertiary/aromatic N) is 1. The summed E-state index contributed by atoms with van der Waals surface area (Å²) in [6.07, 6.45) is 3.19. The number of rotatable bonds is 7. The monoisotopic (exact) mass is 583 g/mol. The van der Waals surface area contributed by atoms with E-state index >= 15 is 0 Å². The number of benzene rings is 3. The molecule has 1 aliphatic carbocycles. The second-order valence-corrected chi connectivity index (χ2v) is 10.9. The van der Waals surface area contributed by atoms with E-state index in [1.54, 1.807) is 36.4 Å². The van der Waals surface area contributed by atoms with E-state index in [9.17, 15) is 4.79 Å². The van der Waals surface area contributed by atoms with Crippen LogP contribution in [0.5, 0.6) is 11.5 Å². The van der Waals surface area contributed by atoms with Gasteiger partial charge in [-0.05, 0) is 62.1 Å². The molecule has 3 aromatic carbocycles. The molecule has 0 spiro atoms. The van der Waals surface area contributed by atoms with E-state index in [1.165, 1.54) is 7.11 Å². The number of fused-ring (bicyclic) bond motifs is 1. The molecule has 0 N–H and O–H groups in total. The number of hydrogen-bond donors (Lipinski definition) is 0. The van der Waals surface area contributed by atoms with Gasteiger partial charge in [0.1, 0.15) is 35.7 Å². The van der Waals surface area contributed by atoms with Crippen molar-refractivity contribution >= 4 is 40.8 Å². The molecule has 6 nitrogen and oxygen atoms in total. The molecule has 0 radical (unpaired) electrons. The van der Waals surface area contributed by atoms with E-state index in [2.05, 4.69) is 5.16 Å². The van der Waals surface area contributed by atoms with Gasteiger partial charge in [0.05, 0.1) is 33.3 Å². The number of esters is 1. The zero-order valence-electron chi connectivity index (χ0n) is 21.0. The predicted octanol–water partition coefficient (Wildman–Crippen LogP) is 8.61. The summed E-state index contributed by atoms with van der Waals surface area (Å²) in [6.45, 7) is 0.228. The Morgan fingerprint density at radius 2 is 1.77 bits per heavy atom. The molecule has 0 amide bonds. The third-order valence-electron chi connectivity index (χ3n) is 7.13. The summed E-state index contributed by atoms with van der Waals surface area (Å²) in [7, 11) is 1.38. The molecular formula is C30H24Cl3NO5. The van der Waals surface area contributed by atoms with E-state index in [1.807, 2.05) is 18.2 Å². The molecule has 1 fully saturated rings. The van der Waals surface area contributed by atoms with Crippen molar-refractivity contribution in [3.63, 3.8) is 0 Å². The second-order valence-electron chi connectivity index (χ2n) is 9.64. The normalized spacial score (nSPS) is 16.4. The lowest BCUT2D eigenvalue weighted by atomic mass is 9.94. The molecule has 39 heavy (non-hydrogen) atoms. The maximum absolute atomic E-state index is 12.1. The molecule has 1 atom stereocenters. The highest BCUT2D eigenvalue weighted by Crippen LogP contribution is 2.46. The second kappa shape index (κ2) is 10.8. The summed E-state index contributed by atoms with van der Waals surface area (Å²) >= 11 is 19.7. The number of ether oxygens (including phenoxy) is 3. The lowest BCUT2D eigenvalue weighted by Gasteiger charge is -2.28. The molecule has 1 saturated carbocycles. The van der Waals surface area contributed by atoms with Crippen molar-refractivity contribution in [3.8, 4) is 22.8 Å². The minimum Gasteiger partial charge on any atom is -0.489 e. The summed E-state index contributed by atoms with van der Waals surface area (Å²) < 4.78 is 23.1. The number of methoxy groups -OCH3 is 1. The van der Waals surface area contributed by atoms with Crippen molar-refractivity contribution in [3.05, 3.63) is 97.7 Å². The summed E-state index contributed by atoms with van der Waals surface area (Å²) in [6, 6.07) is 16.3. The van der Waals surface area contributed by atoms with Crippen molar-refractivity contribution < 1.29 is 23.5 Å². The fourth-order valence-corrected chi connectivity index (χ4v) is 5.87. The predicted molar refractivity (Wildman–Crippen MR) is 149 cm³/mol. The molecule has 2 heterocycles. The molecule has 200 valence electrons. The van der Waals surface area contributed by atoms with Crippen LogP contribution in [-0.4, -0.2) is 18.2 Å². The highest BCUT2D eigenvalue weighted by Gasteiger charge is 2.34. The Morgan fingerprint density at radius 1 is 1.00 bits per heavy atom. The van der Waals surface area contributed by atoms with Gasteiger partial charge in [-0.15, -0.1) is 0 Å². The Balaban J connectivity index is 1.22. The lowest BCUT2D eigenvalue weighted by molar-refractivity contribution is 0.0596. The van der Waals surface area contributed by atoms with Crippen molar-refractivity contribution in [1.82, 2.24) is 5.16 Å².